The van der Waals surface area contributed by atoms with Crippen molar-refractivity contribution in [2.24, 2.45) is 0 Å². The molecule has 0 bridgehead atoms. The van der Waals surface area contributed by atoms with E-state index in [0.29, 0.717) is 5.56 Å². The van der Waals surface area contributed by atoms with Crippen LogP contribution in [0.15, 0.2) is 79.1 Å². The van der Waals surface area contributed by atoms with Crippen LogP contribution in [0.2, 0.25) is 0 Å². The van der Waals surface area contributed by atoms with Gasteiger partial charge in [-0.25, -0.2) is 9.97 Å². The van der Waals surface area contributed by atoms with Crippen LogP contribution in [0, 0.1) is 0 Å². The Labute approximate surface area is 200 Å². The fourth-order valence-corrected chi connectivity index (χ4v) is 4.51. The van der Waals surface area contributed by atoms with Crippen LogP contribution in [0.4, 0.5) is 17.2 Å². The molecule has 0 saturated carbocycles. The third-order valence-corrected chi connectivity index (χ3v) is 6.54. The molecule has 34 heavy (non-hydrogen) atoms. The average Bonchev–Trinajstić information content (AvgIpc) is 3.43. The third kappa shape index (κ3) is 4.44. The van der Waals surface area contributed by atoms with Gasteiger partial charge in [0.1, 0.15) is 12.1 Å². The summed E-state index contributed by atoms with van der Waals surface area (Å²) in [5.41, 5.74) is 4.71. The molecule has 1 atom stereocenters. The highest BCUT2D eigenvalue weighted by atomic mass is 16.2. The van der Waals surface area contributed by atoms with E-state index in [1.54, 1.807) is 11.2 Å². The molecule has 1 aromatic heterocycles. The van der Waals surface area contributed by atoms with Crippen LogP contribution in [0.3, 0.4) is 0 Å². The molecule has 1 aliphatic heterocycles. The molecule has 0 aliphatic carbocycles. The Morgan fingerprint density at radius 1 is 0.971 bits per heavy atom. The number of carbonyl (C=O) groups is 1. The number of hydrogen-bond acceptors (Lipinski definition) is 5. The minimum Gasteiger partial charge on any atom is -0.372 e. The smallest absolute Gasteiger partial charge is 0.258 e. The molecule has 3 aromatic carbocycles. The first-order chi connectivity index (χ1) is 16.6. The van der Waals surface area contributed by atoms with Crippen LogP contribution in [-0.2, 0) is 0 Å². The monoisotopic (exact) mass is 451 g/mol. The number of fused-ring (bicyclic) bond motifs is 1. The molecule has 1 N–H and O–H groups in total. The van der Waals surface area contributed by atoms with Gasteiger partial charge < -0.3 is 15.1 Å². The highest BCUT2D eigenvalue weighted by Gasteiger charge is 2.17. The molecule has 172 valence electrons. The summed E-state index contributed by atoms with van der Waals surface area (Å²) in [5.74, 6) is 0.776. The van der Waals surface area contributed by atoms with E-state index < -0.39 is 0 Å². The second kappa shape index (κ2) is 9.51. The molecular weight excluding hydrogens is 422 g/mol. The van der Waals surface area contributed by atoms with E-state index in [0.717, 1.165) is 41.1 Å². The number of para-hydroxylation sites is 1. The van der Waals surface area contributed by atoms with Gasteiger partial charge >= 0.3 is 0 Å². The second-order valence-electron chi connectivity index (χ2n) is 8.81. The van der Waals surface area contributed by atoms with Gasteiger partial charge in [-0.1, -0.05) is 24.3 Å². The van der Waals surface area contributed by atoms with Crippen molar-refractivity contribution in [3.63, 3.8) is 0 Å². The Hall–Kier alpha value is -3.93. The molecule has 1 unspecified atom stereocenters. The number of amides is 1. The molecule has 2 heterocycles. The first-order valence-corrected chi connectivity index (χ1v) is 11.8. The highest BCUT2D eigenvalue weighted by molar-refractivity contribution is 6.06. The minimum atomic E-state index is -0.0208. The van der Waals surface area contributed by atoms with Crippen LogP contribution in [0.5, 0.6) is 0 Å². The zero-order chi connectivity index (χ0) is 23.5. The van der Waals surface area contributed by atoms with Crippen molar-refractivity contribution in [3.8, 4) is 0 Å². The van der Waals surface area contributed by atoms with E-state index >= 15 is 0 Å². The molecule has 6 heteroatoms. The van der Waals surface area contributed by atoms with Crippen molar-refractivity contribution in [2.45, 2.75) is 25.8 Å². The SMILES string of the molecule is CC(Nc1ncnc2ccccc12)c1cccc(N(C)C(=O)c2ccc(N3CCCC3)cc2)c1. The van der Waals surface area contributed by atoms with Crippen LogP contribution >= 0.6 is 0 Å². The van der Waals surface area contributed by atoms with E-state index in [-0.39, 0.29) is 11.9 Å². The predicted molar refractivity (Wildman–Crippen MR) is 139 cm³/mol. The molecule has 1 saturated heterocycles. The summed E-state index contributed by atoms with van der Waals surface area (Å²) in [6.45, 7) is 4.28. The van der Waals surface area contributed by atoms with Crippen LogP contribution in [0.1, 0.15) is 41.7 Å². The normalized spacial score (nSPS) is 14.2. The molecular formula is C28H29N5O. The Morgan fingerprint density at radius 3 is 2.53 bits per heavy atom. The minimum absolute atomic E-state index is 0.00139. The van der Waals surface area contributed by atoms with Gasteiger partial charge in [0.05, 0.1) is 11.6 Å². The molecule has 0 radical (unpaired) electrons. The van der Waals surface area contributed by atoms with E-state index in [9.17, 15) is 4.79 Å². The number of benzene rings is 3. The number of nitrogens with zero attached hydrogens (tertiary/aromatic N) is 4. The molecule has 4 aromatic rings. The molecule has 1 aliphatic rings. The molecule has 1 amide bonds. The van der Waals surface area contributed by atoms with Crippen LogP contribution in [0.25, 0.3) is 10.9 Å². The summed E-state index contributed by atoms with van der Waals surface area (Å²) in [5, 5.41) is 4.49. The molecule has 0 spiro atoms. The zero-order valence-electron chi connectivity index (χ0n) is 19.6. The average molecular weight is 452 g/mol. The number of nitrogens with one attached hydrogen (secondary N) is 1. The van der Waals surface area contributed by atoms with Crippen molar-refractivity contribution in [1.82, 2.24) is 9.97 Å². The van der Waals surface area contributed by atoms with Gasteiger partial charge in [0.15, 0.2) is 0 Å². The topological polar surface area (TPSA) is 61.4 Å². The van der Waals surface area contributed by atoms with E-state index in [4.69, 9.17) is 0 Å². The Balaban J connectivity index is 1.32. The van der Waals surface area contributed by atoms with Crippen molar-refractivity contribution in [2.75, 3.05) is 35.3 Å². The first-order valence-electron chi connectivity index (χ1n) is 11.8. The first kappa shape index (κ1) is 21.9. The summed E-state index contributed by atoms with van der Waals surface area (Å²) < 4.78 is 0. The third-order valence-electron chi connectivity index (χ3n) is 6.54. The van der Waals surface area contributed by atoms with Crippen molar-refractivity contribution >= 4 is 34.0 Å². The largest absolute Gasteiger partial charge is 0.372 e. The fraction of sp³-hybridized carbons (Fsp3) is 0.250. The summed E-state index contributed by atoms with van der Waals surface area (Å²) in [7, 11) is 1.83. The quantitative estimate of drug-likeness (QED) is 0.409. The standard InChI is InChI=1S/C28H29N5O/c1-20(31-27-25-10-3-4-11-26(25)29-19-30-27)22-8-7-9-24(18-22)32(2)28(34)21-12-14-23(15-13-21)33-16-5-6-17-33/h3-4,7-15,18-20H,5-6,16-17H2,1-2H3,(H,29,30,31). The number of aromatic nitrogens is 2. The molecule has 1 fully saturated rings. The highest BCUT2D eigenvalue weighted by Crippen LogP contribution is 2.27. The van der Waals surface area contributed by atoms with Gasteiger partial charge in [0.25, 0.3) is 5.91 Å². The second-order valence-corrected chi connectivity index (χ2v) is 8.81. The number of hydrogen-bond donors (Lipinski definition) is 1. The Kier molecular flexibility index (Phi) is 6.12. The van der Waals surface area contributed by atoms with Crippen molar-refractivity contribution in [1.29, 1.82) is 0 Å². The van der Waals surface area contributed by atoms with Gasteiger partial charge in [-0.2, -0.15) is 0 Å². The van der Waals surface area contributed by atoms with E-state index in [1.165, 1.54) is 18.5 Å². The van der Waals surface area contributed by atoms with Crippen molar-refractivity contribution < 1.29 is 4.79 Å². The number of carbonyl (C=O) groups excluding carboxylic acids is 1. The zero-order valence-corrected chi connectivity index (χ0v) is 19.6. The maximum atomic E-state index is 13.2. The maximum Gasteiger partial charge on any atom is 0.258 e. The molecule has 5 rings (SSSR count). The summed E-state index contributed by atoms with van der Waals surface area (Å²) >= 11 is 0. The summed E-state index contributed by atoms with van der Waals surface area (Å²) in [6, 6.07) is 24.0. The maximum absolute atomic E-state index is 13.2. The van der Waals surface area contributed by atoms with Crippen molar-refractivity contribution in [3.05, 3.63) is 90.3 Å². The summed E-state index contributed by atoms with van der Waals surface area (Å²) in [4.78, 5) is 26.0. The summed E-state index contributed by atoms with van der Waals surface area (Å²) in [6.07, 6.45) is 4.05. The van der Waals surface area contributed by atoms with Gasteiger partial charge in [-0.15, -0.1) is 0 Å². The van der Waals surface area contributed by atoms with Crippen LogP contribution < -0.4 is 15.1 Å². The lowest BCUT2D eigenvalue weighted by molar-refractivity contribution is 0.0993. The molecule has 6 nitrogen and oxygen atoms in total. The number of rotatable bonds is 6. The van der Waals surface area contributed by atoms with Gasteiger partial charge in [-0.3, -0.25) is 4.79 Å². The number of anilines is 3. The lowest BCUT2D eigenvalue weighted by Crippen LogP contribution is -2.26. The van der Waals surface area contributed by atoms with E-state index in [2.05, 4.69) is 51.4 Å². The Bertz CT molecular complexity index is 1290. The van der Waals surface area contributed by atoms with Gasteiger partial charge in [-0.05, 0) is 73.9 Å². The van der Waals surface area contributed by atoms with E-state index in [1.807, 2.05) is 55.6 Å². The lowest BCUT2D eigenvalue weighted by atomic mass is 10.1. The predicted octanol–water partition coefficient (Wildman–Crippen LogP) is 5.68. The van der Waals surface area contributed by atoms with Gasteiger partial charge in [0.2, 0.25) is 0 Å². The van der Waals surface area contributed by atoms with Crippen LogP contribution in [-0.4, -0.2) is 36.0 Å². The fourth-order valence-electron chi connectivity index (χ4n) is 4.51. The lowest BCUT2D eigenvalue weighted by Gasteiger charge is -2.22. The van der Waals surface area contributed by atoms with Gasteiger partial charge in [0, 0.05) is 42.5 Å². The Morgan fingerprint density at radius 2 is 1.74 bits per heavy atom.